The van der Waals surface area contributed by atoms with E-state index in [0.717, 1.165) is 6.08 Å². The zero-order valence-electron chi connectivity index (χ0n) is 17.8. The molecule has 0 radical (unpaired) electrons. The molecule has 9 nitrogen and oxygen atoms in total. The minimum Gasteiger partial charge on any atom is -0.507 e. The van der Waals surface area contributed by atoms with Crippen molar-refractivity contribution in [2.24, 2.45) is 0 Å². The van der Waals surface area contributed by atoms with Gasteiger partial charge in [0.2, 0.25) is 0 Å². The number of hydrogen-bond acceptors (Lipinski definition) is 9. The number of phenolic OH excluding ortho intramolecular Hbond substituents is 2. The molecular weight excluding hydrogens is 406 g/mol. The van der Waals surface area contributed by atoms with Crippen LogP contribution in [0.2, 0.25) is 0 Å². The summed E-state index contributed by atoms with van der Waals surface area (Å²) in [5.74, 6) is -3.22. The summed E-state index contributed by atoms with van der Waals surface area (Å²) >= 11 is 0. The van der Waals surface area contributed by atoms with Gasteiger partial charge in [-0.05, 0) is 27.7 Å². The summed E-state index contributed by atoms with van der Waals surface area (Å²) in [7, 11) is 1.26. The number of hydrogen-bond donors (Lipinski definition) is 3. The lowest BCUT2D eigenvalue weighted by Gasteiger charge is -2.29. The van der Waals surface area contributed by atoms with Crippen molar-refractivity contribution >= 4 is 23.3 Å². The Kier molecular flexibility index (Phi) is 5.39. The van der Waals surface area contributed by atoms with Crippen molar-refractivity contribution in [1.82, 2.24) is 5.32 Å². The second kappa shape index (κ2) is 7.57. The Morgan fingerprint density at radius 3 is 2.42 bits per heavy atom. The molecule has 1 heterocycles. The molecule has 0 unspecified atom stereocenters. The lowest BCUT2D eigenvalue weighted by molar-refractivity contribution is -0.140. The number of carbonyl (C=O) groups is 4. The average Bonchev–Trinajstić information content (AvgIpc) is 2.99. The first kappa shape index (κ1) is 22.1. The van der Waals surface area contributed by atoms with Crippen LogP contribution < -0.4 is 10.1 Å². The number of carbonyl (C=O) groups excluding carboxylic acids is 4. The van der Waals surface area contributed by atoms with Crippen LogP contribution in [0.4, 0.5) is 0 Å². The number of fused-ring (bicyclic) bond motifs is 3. The molecule has 31 heavy (non-hydrogen) atoms. The first-order valence-electron chi connectivity index (χ1n) is 9.57. The number of esters is 1. The maximum Gasteiger partial charge on any atom is 0.307 e. The zero-order chi connectivity index (χ0) is 23.2. The van der Waals surface area contributed by atoms with E-state index < -0.39 is 34.5 Å². The highest BCUT2D eigenvalue weighted by Crippen LogP contribution is 2.57. The van der Waals surface area contributed by atoms with E-state index in [4.69, 9.17) is 4.74 Å². The predicted octanol–water partition coefficient (Wildman–Crippen LogP) is 1.72. The Hall–Kier alpha value is -3.62. The molecule has 1 aliphatic heterocycles. The van der Waals surface area contributed by atoms with Gasteiger partial charge in [0, 0.05) is 23.9 Å². The van der Waals surface area contributed by atoms with Gasteiger partial charge in [0.1, 0.15) is 34.0 Å². The van der Waals surface area contributed by atoms with E-state index in [1.165, 1.54) is 34.8 Å². The van der Waals surface area contributed by atoms with E-state index in [1.54, 1.807) is 0 Å². The molecule has 0 amide bonds. The van der Waals surface area contributed by atoms with E-state index in [0.29, 0.717) is 0 Å². The van der Waals surface area contributed by atoms with Gasteiger partial charge in [-0.3, -0.25) is 19.2 Å². The summed E-state index contributed by atoms with van der Waals surface area (Å²) in [5.41, 5.74) is -1.58. The molecule has 1 aliphatic carbocycles. The van der Waals surface area contributed by atoms with Crippen molar-refractivity contribution in [2.75, 3.05) is 13.7 Å². The second-order valence-corrected chi connectivity index (χ2v) is 7.64. The molecule has 0 fully saturated rings. The van der Waals surface area contributed by atoms with Crippen LogP contribution in [0.25, 0.3) is 0 Å². The maximum absolute atomic E-state index is 13.5. The van der Waals surface area contributed by atoms with Crippen molar-refractivity contribution in [2.45, 2.75) is 39.5 Å². The van der Waals surface area contributed by atoms with Crippen molar-refractivity contribution in [3.8, 4) is 17.2 Å². The Morgan fingerprint density at radius 1 is 1.19 bits per heavy atom. The fraction of sp³-hybridized carbons (Fsp3) is 0.364. The van der Waals surface area contributed by atoms with Gasteiger partial charge in [0.15, 0.2) is 17.3 Å². The Bertz CT molecular complexity index is 1110. The Morgan fingerprint density at radius 2 is 1.84 bits per heavy atom. The minimum absolute atomic E-state index is 0.0246. The van der Waals surface area contributed by atoms with Crippen molar-refractivity contribution in [3.63, 3.8) is 0 Å². The molecule has 2 aliphatic rings. The molecule has 0 saturated carbocycles. The summed E-state index contributed by atoms with van der Waals surface area (Å²) in [6.07, 6.45) is 1.17. The molecule has 1 atom stereocenters. The summed E-state index contributed by atoms with van der Waals surface area (Å²) in [6.45, 7) is 5.81. The van der Waals surface area contributed by atoms with E-state index in [-0.39, 0.29) is 58.2 Å². The number of Topliss-reactive ketones (excluding diaryl/α,β-unsaturated/α-hetero) is 2. The van der Waals surface area contributed by atoms with Gasteiger partial charge in [0.05, 0.1) is 24.7 Å². The topological polar surface area (TPSA) is 139 Å². The van der Waals surface area contributed by atoms with Gasteiger partial charge in [0.25, 0.3) is 0 Å². The number of aromatic hydroxyl groups is 2. The maximum atomic E-state index is 13.5. The predicted molar refractivity (Wildman–Crippen MR) is 108 cm³/mol. The molecule has 3 N–H and O–H groups in total. The summed E-state index contributed by atoms with van der Waals surface area (Å²) in [4.78, 5) is 49.7. The number of rotatable bonds is 5. The Labute approximate surface area is 178 Å². The van der Waals surface area contributed by atoms with Crippen molar-refractivity contribution in [3.05, 3.63) is 39.8 Å². The normalized spacial score (nSPS) is 21.0. The smallest absolute Gasteiger partial charge is 0.307 e. The number of ketones is 3. The fourth-order valence-corrected chi connectivity index (χ4v) is 3.90. The van der Waals surface area contributed by atoms with Gasteiger partial charge in [-0.2, -0.15) is 0 Å². The van der Waals surface area contributed by atoms with E-state index >= 15 is 0 Å². The molecule has 9 heteroatoms. The highest BCUT2D eigenvalue weighted by Gasteiger charge is 2.56. The first-order chi connectivity index (χ1) is 14.5. The number of phenols is 2. The fourth-order valence-electron chi connectivity index (χ4n) is 3.90. The highest BCUT2D eigenvalue weighted by atomic mass is 16.5. The molecule has 0 spiro atoms. The quantitative estimate of drug-likeness (QED) is 0.276. The molecule has 1 aromatic carbocycles. The van der Waals surface area contributed by atoms with Gasteiger partial charge in [-0.15, -0.1) is 0 Å². The minimum atomic E-state index is -1.57. The van der Waals surface area contributed by atoms with Gasteiger partial charge < -0.3 is 25.0 Å². The third-order valence-electron chi connectivity index (χ3n) is 5.71. The van der Waals surface area contributed by atoms with Gasteiger partial charge in [-0.1, -0.05) is 0 Å². The van der Waals surface area contributed by atoms with Crippen LogP contribution in [-0.4, -0.2) is 47.2 Å². The summed E-state index contributed by atoms with van der Waals surface area (Å²) < 4.78 is 10.3. The van der Waals surface area contributed by atoms with Crippen LogP contribution in [-0.2, 0) is 24.5 Å². The largest absolute Gasteiger partial charge is 0.507 e. The molecule has 3 rings (SSSR count). The molecule has 0 bridgehead atoms. The van der Waals surface area contributed by atoms with Crippen LogP contribution in [0, 0.1) is 6.92 Å². The molecule has 0 aromatic heterocycles. The van der Waals surface area contributed by atoms with Crippen molar-refractivity contribution < 1.29 is 38.9 Å². The Balaban J connectivity index is 2.15. The number of ether oxygens (including phenoxy) is 2. The highest BCUT2D eigenvalue weighted by molar-refractivity contribution is 6.31. The average molecular weight is 429 g/mol. The van der Waals surface area contributed by atoms with Crippen LogP contribution in [0.5, 0.6) is 17.2 Å². The first-order valence-corrected chi connectivity index (χ1v) is 9.57. The van der Waals surface area contributed by atoms with Crippen LogP contribution >= 0.6 is 0 Å². The number of methoxy groups -OCH3 is 1. The lowest BCUT2D eigenvalue weighted by atomic mass is 9.70. The number of benzene rings is 1. The summed E-state index contributed by atoms with van der Waals surface area (Å²) in [5, 5.41) is 24.0. The second-order valence-electron chi connectivity index (χ2n) is 7.64. The third-order valence-corrected chi connectivity index (χ3v) is 5.71. The standard InChI is InChI=1S/C22H23NO8/c1-9-18(27)16(11(3)24)20-17(19(9)28)22(4)13(31-20)8-12(25)15(21(22)29)10(2)23-7-6-14(26)30-5/h8,23,27-28H,6-7H2,1-5H3/b15-10+/t22-/m0/s1. The lowest BCUT2D eigenvalue weighted by Crippen LogP contribution is -2.41. The SMILES string of the molecule is COC(=O)CCN/C(C)=C1\C(=O)C=C2Oc3c(C(C)=O)c(O)c(C)c(O)c3[C@@]2(C)C1=O. The monoisotopic (exact) mass is 429 g/mol. The number of nitrogens with one attached hydrogen (secondary N) is 1. The van der Waals surface area contributed by atoms with E-state index in [9.17, 15) is 29.4 Å². The molecular formula is C22H23NO8. The van der Waals surface area contributed by atoms with Gasteiger partial charge >= 0.3 is 5.97 Å². The zero-order valence-corrected chi connectivity index (χ0v) is 17.8. The summed E-state index contributed by atoms with van der Waals surface area (Å²) in [6, 6.07) is 0. The van der Waals surface area contributed by atoms with Crippen molar-refractivity contribution in [1.29, 1.82) is 0 Å². The van der Waals surface area contributed by atoms with E-state index in [1.807, 2.05) is 0 Å². The van der Waals surface area contributed by atoms with Crippen LogP contribution in [0.3, 0.4) is 0 Å². The molecule has 1 aromatic rings. The van der Waals surface area contributed by atoms with Crippen LogP contribution in [0.15, 0.2) is 23.1 Å². The van der Waals surface area contributed by atoms with E-state index in [2.05, 4.69) is 10.1 Å². The third kappa shape index (κ3) is 3.17. The molecule has 164 valence electrons. The molecule has 0 saturated heterocycles. The van der Waals surface area contributed by atoms with Gasteiger partial charge in [-0.25, -0.2) is 0 Å². The van der Waals surface area contributed by atoms with Crippen LogP contribution in [0.1, 0.15) is 48.7 Å². The number of allylic oxidation sites excluding steroid dienone is 4.